The Hall–Kier alpha value is -1.33. The van der Waals surface area contributed by atoms with E-state index in [1.165, 1.54) is 15.0 Å². The predicted molar refractivity (Wildman–Crippen MR) is 74.4 cm³/mol. The molecule has 0 radical (unpaired) electrons. The number of benzene rings is 1. The molecule has 1 aromatic heterocycles. The van der Waals surface area contributed by atoms with Gasteiger partial charge in [0, 0.05) is 9.58 Å². The van der Waals surface area contributed by atoms with Gasteiger partial charge in [-0.15, -0.1) is 11.3 Å². The zero-order valence-corrected chi connectivity index (χ0v) is 11.6. The largest absolute Gasteiger partial charge is 0.192 e. The SMILES string of the molecule is CC(c1cc2cc(C#N)ccc2s1)C(C)(C)C. The summed E-state index contributed by atoms with van der Waals surface area (Å²) in [6.07, 6.45) is 0. The molecular weight excluding hydrogens is 226 g/mol. The maximum absolute atomic E-state index is 8.90. The Morgan fingerprint density at radius 1 is 1.24 bits per heavy atom. The first-order valence-electron chi connectivity index (χ1n) is 5.85. The van der Waals surface area contributed by atoms with E-state index in [1.807, 2.05) is 23.5 Å². The normalized spacial score (nSPS) is 13.6. The fourth-order valence-electron chi connectivity index (χ4n) is 1.77. The molecule has 1 atom stereocenters. The van der Waals surface area contributed by atoms with Crippen molar-refractivity contribution in [3.05, 3.63) is 34.7 Å². The Bertz CT molecular complexity index is 581. The lowest BCUT2D eigenvalue weighted by Gasteiger charge is -2.26. The van der Waals surface area contributed by atoms with Crippen molar-refractivity contribution in [2.75, 3.05) is 0 Å². The molecule has 17 heavy (non-hydrogen) atoms. The van der Waals surface area contributed by atoms with E-state index in [1.54, 1.807) is 0 Å². The van der Waals surface area contributed by atoms with Gasteiger partial charge >= 0.3 is 0 Å². The summed E-state index contributed by atoms with van der Waals surface area (Å²) < 4.78 is 1.27. The highest BCUT2D eigenvalue weighted by molar-refractivity contribution is 7.19. The highest BCUT2D eigenvalue weighted by Gasteiger charge is 2.23. The molecule has 0 fully saturated rings. The summed E-state index contributed by atoms with van der Waals surface area (Å²) in [6.45, 7) is 9.07. The van der Waals surface area contributed by atoms with E-state index in [0.29, 0.717) is 5.92 Å². The second kappa shape index (κ2) is 4.16. The molecule has 2 rings (SSSR count). The third-order valence-corrected chi connectivity index (χ3v) is 4.69. The molecule has 0 bridgehead atoms. The fourth-order valence-corrected chi connectivity index (χ4v) is 3.12. The minimum atomic E-state index is 0.277. The van der Waals surface area contributed by atoms with Gasteiger partial charge in [-0.3, -0.25) is 0 Å². The van der Waals surface area contributed by atoms with Gasteiger partial charge in [0.05, 0.1) is 11.6 Å². The topological polar surface area (TPSA) is 23.8 Å². The minimum Gasteiger partial charge on any atom is -0.192 e. The van der Waals surface area contributed by atoms with E-state index < -0.39 is 0 Å². The van der Waals surface area contributed by atoms with Gasteiger partial charge in [-0.05, 0) is 41.0 Å². The van der Waals surface area contributed by atoms with Crippen molar-refractivity contribution in [1.29, 1.82) is 5.26 Å². The van der Waals surface area contributed by atoms with Crippen molar-refractivity contribution in [3.63, 3.8) is 0 Å². The maximum Gasteiger partial charge on any atom is 0.0991 e. The summed E-state index contributed by atoms with van der Waals surface area (Å²) in [5.74, 6) is 0.533. The molecule has 1 aromatic carbocycles. The van der Waals surface area contributed by atoms with Gasteiger partial charge in [0.1, 0.15) is 0 Å². The van der Waals surface area contributed by atoms with Crippen LogP contribution in [0.15, 0.2) is 24.3 Å². The van der Waals surface area contributed by atoms with Crippen LogP contribution >= 0.6 is 11.3 Å². The van der Waals surface area contributed by atoms with Crippen LogP contribution < -0.4 is 0 Å². The van der Waals surface area contributed by atoms with Gasteiger partial charge in [0.15, 0.2) is 0 Å². The molecule has 0 spiro atoms. The third-order valence-electron chi connectivity index (χ3n) is 3.39. The first-order valence-corrected chi connectivity index (χ1v) is 6.67. The van der Waals surface area contributed by atoms with Crippen LogP contribution in [0.5, 0.6) is 0 Å². The number of hydrogen-bond acceptors (Lipinski definition) is 2. The molecule has 0 aliphatic rings. The van der Waals surface area contributed by atoms with Gasteiger partial charge in [-0.1, -0.05) is 27.7 Å². The van der Waals surface area contributed by atoms with Gasteiger partial charge in [0.25, 0.3) is 0 Å². The lowest BCUT2D eigenvalue weighted by atomic mass is 9.81. The van der Waals surface area contributed by atoms with Crippen LogP contribution in [0.25, 0.3) is 10.1 Å². The molecule has 0 saturated heterocycles. The van der Waals surface area contributed by atoms with E-state index in [9.17, 15) is 0 Å². The first kappa shape index (κ1) is 12.1. The molecule has 0 saturated carbocycles. The number of thiophene rings is 1. The second-order valence-corrected chi connectivity index (χ2v) is 6.72. The molecule has 0 aliphatic heterocycles. The third kappa shape index (κ3) is 2.35. The van der Waals surface area contributed by atoms with Crippen LogP contribution in [0.1, 0.15) is 44.1 Å². The van der Waals surface area contributed by atoms with Gasteiger partial charge in [-0.2, -0.15) is 5.26 Å². The zero-order chi connectivity index (χ0) is 12.6. The van der Waals surface area contributed by atoms with Crippen molar-refractivity contribution < 1.29 is 0 Å². The quantitative estimate of drug-likeness (QED) is 0.697. The van der Waals surface area contributed by atoms with Crippen LogP contribution in [0.2, 0.25) is 0 Å². The van der Waals surface area contributed by atoms with Gasteiger partial charge < -0.3 is 0 Å². The van der Waals surface area contributed by atoms with Crippen molar-refractivity contribution in [1.82, 2.24) is 0 Å². The van der Waals surface area contributed by atoms with Crippen molar-refractivity contribution in [3.8, 4) is 6.07 Å². The molecule has 2 aromatic rings. The number of rotatable bonds is 1. The summed E-state index contributed by atoms with van der Waals surface area (Å²) in [5.41, 5.74) is 1.02. The van der Waals surface area contributed by atoms with Crippen LogP contribution in [0, 0.1) is 16.7 Å². The van der Waals surface area contributed by atoms with Crippen molar-refractivity contribution in [2.24, 2.45) is 5.41 Å². The Morgan fingerprint density at radius 3 is 2.53 bits per heavy atom. The predicted octanol–water partition coefficient (Wildman–Crippen LogP) is 4.92. The molecule has 1 unspecified atom stereocenters. The molecular formula is C15H17NS. The minimum absolute atomic E-state index is 0.277. The summed E-state index contributed by atoms with van der Waals surface area (Å²) in [6, 6.07) is 10.3. The van der Waals surface area contributed by atoms with E-state index in [4.69, 9.17) is 5.26 Å². The highest BCUT2D eigenvalue weighted by atomic mass is 32.1. The monoisotopic (exact) mass is 243 g/mol. The molecule has 0 aliphatic carbocycles. The Morgan fingerprint density at radius 2 is 1.94 bits per heavy atom. The standard InChI is InChI=1S/C15H17NS/c1-10(15(2,3)4)14-8-12-7-11(9-16)5-6-13(12)17-14/h5-8,10H,1-4H3. The molecule has 2 heteroatoms. The zero-order valence-electron chi connectivity index (χ0n) is 10.7. The smallest absolute Gasteiger partial charge is 0.0991 e. The summed E-state index contributed by atoms with van der Waals surface area (Å²) in [7, 11) is 0. The number of fused-ring (bicyclic) bond motifs is 1. The highest BCUT2D eigenvalue weighted by Crippen LogP contribution is 2.40. The van der Waals surface area contributed by atoms with E-state index in [2.05, 4.69) is 45.9 Å². The summed E-state index contributed by atoms with van der Waals surface area (Å²) >= 11 is 1.84. The Balaban J connectivity index is 2.49. The van der Waals surface area contributed by atoms with Gasteiger partial charge in [-0.25, -0.2) is 0 Å². The molecule has 1 heterocycles. The summed E-state index contributed by atoms with van der Waals surface area (Å²) in [5, 5.41) is 10.1. The molecule has 0 amide bonds. The van der Waals surface area contributed by atoms with E-state index >= 15 is 0 Å². The number of nitriles is 1. The van der Waals surface area contributed by atoms with E-state index in [-0.39, 0.29) is 5.41 Å². The van der Waals surface area contributed by atoms with Crippen LogP contribution in [-0.2, 0) is 0 Å². The molecule has 1 nitrogen and oxygen atoms in total. The number of nitrogens with zero attached hydrogens (tertiary/aromatic N) is 1. The first-order chi connectivity index (χ1) is 7.91. The van der Waals surface area contributed by atoms with Crippen molar-refractivity contribution >= 4 is 21.4 Å². The Kier molecular flexibility index (Phi) is 2.97. The van der Waals surface area contributed by atoms with Gasteiger partial charge in [0.2, 0.25) is 0 Å². The van der Waals surface area contributed by atoms with Crippen LogP contribution in [-0.4, -0.2) is 0 Å². The average Bonchev–Trinajstić information content (AvgIpc) is 2.68. The maximum atomic E-state index is 8.90. The molecule has 88 valence electrons. The summed E-state index contributed by atoms with van der Waals surface area (Å²) in [4.78, 5) is 1.41. The lowest BCUT2D eigenvalue weighted by Crippen LogP contribution is -2.13. The van der Waals surface area contributed by atoms with Crippen LogP contribution in [0.3, 0.4) is 0 Å². The van der Waals surface area contributed by atoms with Crippen molar-refractivity contribution in [2.45, 2.75) is 33.6 Å². The lowest BCUT2D eigenvalue weighted by molar-refractivity contribution is 0.343. The number of hydrogen-bond donors (Lipinski definition) is 0. The van der Waals surface area contributed by atoms with E-state index in [0.717, 1.165) is 5.56 Å². The average molecular weight is 243 g/mol. The Labute approximate surface area is 107 Å². The molecule has 0 N–H and O–H groups in total. The fraction of sp³-hybridized carbons (Fsp3) is 0.400. The second-order valence-electron chi connectivity index (χ2n) is 5.60. The van der Waals surface area contributed by atoms with Crippen LogP contribution in [0.4, 0.5) is 0 Å².